The number of nitrogen functional groups attached to an aromatic ring is 1. The van der Waals surface area contributed by atoms with Crippen LogP contribution in [-0.2, 0) is 6.54 Å². The molecule has 0 aliphatic rings. The zero-order chi connectivity index (χ0) is 14.7. The molecule has 0 aliphatic carbocycles. The minimum Gasteiger partial charge on any atom is -0.497 e. The van der Waals surface area contributed by atoms with Crippen LogP contribution in [0.4, 0.5) is 5.82 Å². The van der Waals surface area contributed by atoms with Crippen LogP contribution in [-0.4, -0.2) is 21.6 Å². The summed E-state index contributed by atoms with van der Waals surface area (Å²) < 4.78 is 7.25. The van der Waals surface area contributed by atoms with Crippen molar-refractivity contribution in [3.05, 3.63) is 60.7 Å². The zero-order valence-electron chi connectivity index (χ0n) is 11.7. The van der Waals surface area contributed by atoms with Crippen molar-refractivity contribution in [3.63, 3.8) is 0 Å². The minimum atomic E-state index is 0.514. The van der Waals surface area contributed by atoms with Crippen molar-refractivity contribution < 1.29 is 4.74 Å². The molecule has 0 saturated carbocycles. The molecule has 2 N–H and O–H groups in total. The molecule has 3 rings (SSSR count). The van der Waals surface area contributed by atoms with Crippen LogP contribution < -0.4 is 10.5 Å². The highest BCUT2D eigenvalue weighted by atomic mass is 16.5. The molecule has 0 bridgehead atoms. The second kappa shape index (κ2) is 5.66. The van der Waals surface area contributed by atoms with Gasteiger partial charge in [-0.1, -0.05) is 12.1 Å². The number of hydrogen-bond acceptors (Lipinski definition) is 4. The summed E-state index contributed by atoms with van der Waals surface area (Å²) in [7, 11) is 1.66. The maximum absolute atomic E-state index is 5.62. The number of methoxy groups -OCH3 is 1. The van der Waals surface area contributed by atoms with Gasteiger partial charge in [0.2, 0.25) is 0 Å². The van der Waals surface area contributed by atoms with Gasteiger partial charge in [-0.2, -0.15) is 0 Å². The highest BCUT2D eigenvalue weighted by Gasteiger charge is 2.06. The fourth-order valence-electron chi connectivity index (χ4n) is 2.17. The second-order valence-corrected chi connectivity index (χ2v) is 4.73. The average Bonchev–Trinajstić information content (AvgIpc) is 2.97. The first-order valence-corrected chi connectivity index (χ1v) is 6.61. The maximum Gasteiger partial charge on any atom is 0.123 e. The molecule has 0 fully saturated rings. The van der Waals surface area contributed by atoms with Crippen LogP contribution in [0, 0.1) is 0 Å². The van der Waals surface area contributed by atoms with E-state index in [1.807, 2.05) is 42.9 Å². The Morgan fingerprint density at radius 3 is 2.57 bits per heavy atom. The Bertz CT molecular complexity index is 717. The van der Waals surface area contributed by atoms with Gasteiger partial charge in [-0.3, -0.25) is 0 Å². The van der Waals surface area contributed by atoms with E-state index in [-0.39, 0.29) is 0 Å². The molecule has 0 amide bonds. The van der Waals surface area contributed by atoms with E-state index in [0.717, 1.165) is 23.6 Å². The van der Waals surface area contributed by atoms with Crippen molar-refractivity contribution in [1.82, 2.24) is 14.5 Å². The molecule has 5 heteroatoms. The van der Waals surface area contributed by atoms with Gasteiger partial charge >= 0.3 is 0 Å². The number of hydrogen-bond donors (Lipinski definition) is 1. The number of pyridine rings is 1. The largest absolute Gasteiger partial charge is 0.497 e. The number of imidazole rings is 1. The van der Waals surface area contributed by atoms with E-state index in [0.29, 0.717) is 5.82 Å². The lowest BCUT2D eigenvalue weighted by molar-refractivity contribution is 0.414. The van der Waals surface area contributed by atoms with Crippen molar-refractivity contribution in [3.8, 4) is 17.0 Å². The third kappa shape index (κ3) is 2.86. The van der Waals surface area contributed by atoms with Gasteiger partial charge in [-0.15, -0.1) is 0 Å². The maximum atomic E-state index is 5.62. The fraction of sp³-hybridized carbons (Fsp3) is 0.125. The summed E-state index contributed by atoms with van der Waals surface area (Å²) in [6.07, 6.45) is 5.41. The van der Waals surface area contributed by atoms with Crippen molar-refractivity contribution in [2.75, 3.05) is 12.8 Å². The first kappa shape index (κ1) is 13.2. The lowest BCUT2D eigenvalue weighted by Crippen LogP contribution is -2.01. The second-order valence-electron chi connectivity index (χ2n) is 4.73. The fourth-order valence-corrected chi connectivity index (χ4v) is 2.17. The molecular weight excluding hydrogens is 264 g/mol. The Kier molecular flexibility index (Phi) is 3.55. The summed E-state index contributed by atoms with van der Waals surface area (Å²) in [5, 5.41) is 0. The molecule has 1 aromatic carbocycles. The van der Waals surface area contributed by atoms with Gasteiger partial charge in [0.15, 0.2) is 0 Å². The molecule has 3 aromatic rings. The van der Waals surface area contributed by atoms with Gasteiger partial charge in [0.1, 0.15) is 11.6 Å². The molecule has 5 nitrogen and oxygen atoms in total. The van der Waals surface area contributed by atoms with Gasteiger partial charge in [0.05, 0.1) is 25.3 Å². The molecule has 0 spiro atoms. The van der Waals surface area contributed by atoms with E-state index in [1.54, 1.807) is 19.4 Å². The summed E-state index contributed by atoms with van der Waals surface area (Å²) in [6, 6.07) is 11.7. The lowest BCUT2D eigenvalue weighted by atomic mass is 10.2. The van der Waals surface area contributed by atoms with Crippen LogP contribution >= 0.6 is 0 Å². The van der Waals surface area contributed by atoms with Crippen molar-refractivity contribution >= 4 is 5.82 Å². The van der Waals surface area contributed by atoms with E-state index in [1.165, 1.54) is 5.56 Å². The van der Waals surface area contributed by atoms with E-state index < -0.39 is 0 Å². The predicted molar refractivity (Wildman–Crippen MR) is 82.0 cm³/mol. The normalized spacial score (nSPS) is 10.5. The topological polar surface area (TPSA) is 66.0 Å². The van der Waals surface area contributed by atoms with Crippen LogP contribution in [0.15, 0.2) is 55.1 Å². The van der Waals surface area contributed by atoms with E-state index in [9.17, 15) is 0 Å². The van der Waals surface area contributed by atoms with Gasteiger partial charge in [0, 0.05) is 18.3 Å². The van der Waals surface area contributed by atoms with Gasteiger partial charge in [-0.25, -0.2) is 9.97 Å². The van der Waals surface area contributed by atoms with Crippen molar-refractivity contribution in [1.29, 1.82) is 0 Å². The number of nitrogens with two attached hydrogens (primary N) is 1. The number of nitrogens with zero attached hydrogens (tertiary/aromatic N) is 3. The Morgan fingerprint density at radius 1 is 1.10 bits per heavy atom. The highest BCUT2D eigenvalue weighted by molar-refractivity contribution is 5.59. The molecule has 21 heavy (non-hydrogen) atoms. The van der Waals surface area contributed by atoms with Gasteiger partial charge < -0.3 is 15.0 Å². The molecule has 2 heterocycles. The quantitative estimate of drug-likeness (QED) is 0.797. The molecule has 0 aliphatic heterocycles. The third-order valence-corrected chi connectivity index (χ3v) is 3.31. The molecule has 0 atom stereocenters. The summed E-state index contributed by atoms with van der Waals surface area (Å²) in [4.78, 5) is 8.36. The van der Waals surface area contributed by atoms with Gasteiger partial charge in [-0.05, 0) is 29.8 Å². The van der Waals surface area contributed by atoms with E-state index in [2.05, 4.69) is 14.5 Å². The van der Waals surface area contributed by atoms with E-state index in [4.69, 9.17) is 10.5 Å². The highest BCUT2D eigenvalue weighted by Crippen LogP contribution is 2.20. The Morgan fingerprint density at radius 2 is 1.90 bits per heavy atom. The Labute approximate surface area is 123 Å². The summed E-state index contributed by atoms with van der Waals surface area (Å²) in [5.74, 6) is 1.37. The van der Waals surface area contributed by atoms with Crippen LogP contribution in [0.1, 0.15) is 5.56 Å². The first-order valence-electron chi connectivity index (χ1n) is 6.61. The minimum absolute atomic E-state index is 0.514. The van der Waals surface area contributed by atoms with Crippen molar-refractivity contribution in [2.45, 2.75) is 6.54 Å². The summed E-state index contributed by atoms with van der Waals surface area (Å²) in [6.45, 7) is 0.740. The third-order valence-electron chi connectivity index (χ3n) is 3.31. The molecule has 0 radical (unpaired) electrons. The summed E-state index contributed by atoms with van der Waals surface area (Å²) >= 11 is 0. The van der Waals surface area contributed by atoms with Crippen molar-refractivity contribution in [2.24, 2.45) is 0 Å². The smallest absolute Gasteiger partial charge is 0.123 e. The summed E-state index contributed by atoms with van der Waals surface area (Å²) in [5.41, 5.74) is 8.81. The molecule has 0 unspecified atom stereocenters. The number of benzene rings is 1. The molecular formula is C16H16N4O. The molecule has 2 aromatic heterocycles. The Hall–Kier alpha value is -2.82. The number of anilines is 1. The zero-order valence-corrected chi connectivity index (χ0v) is 11.7. The number of rotatable bonds is 4. The van der Waals surface area contributed by atoms with E-state index >= 15 is 0 Å². The number of ether oxygens (including phenoxy) is 1. The SMILES string of the molecule is COc1ccc(Cn2cncc2-c2ccc(N)nc2)cc1. The molecule has 0 saturated heterocycles. The van der Waals surface area contributed by atoms with Crippen LogP contribution in [0.25, 0.3) is 11.3 Å². The lowest BCUT2D eigenvalue weighted by Gasteiger charge is -2.09. The first-order chi connectivity index (χ1) is 10.3. The van der Waals surface area contributed by atoms with Crippen LogP contribution in [0.3, 0.4) is 0 Å². The standard InChI is InChI=1S/C16H16N4O/c1-21-14-5-2-12(3-6-14)10-20-11-18-9-15(20)13-4-7-16(17)19-8-13/h2-9,11H,10H2,1H3,(H2,17,19). The Balaban J connectivity index is 1.86. The van der Waals surface area contributed by atoms with Crippen LogP contribution in [0.5, 0.6) is 5.75 Å². The monoisotopic (exact) mass is 280 g/mol. The van der Waals surface area contributed by atoms with Gasteiger partial charge in [0.25, 0.3) is 0 Å². The average molecular weight is 280 g/mol. The number of aromatic nitrogens is 3. The predicted octanol–water partition coefficient (Wildman–Crippen LogP) is 2.58. The molecule has 106 valence electrons. The van der Waals surface area contributed by atoms with Crippen LogP contribution in [0.2, 0.25) is 0 Å².